The van der Waals surface area contributed by atoms with Crippen LogP contribution in [0, 0.1) is 6.92 Å². The number of likely N-dealkylation sites (tertiary alicyclic amines) is 1. The van der Waals surface area contributed by atoms with E-state index in [-0.39, 0.29) is 5.91 Å². The molecule has 1 aliphatic rings. The fourth-order valence-electron chi connectivity index (χ4n) is 3.49. The zero-order valence-electron chi connectivity index (χ0n) is 14.3. The van der Waals surface area contributed by atoms with Gasteiger partial charge in [-0.1, -0.05) is 12.1 Å². The normalized spacial score (nSPS) is 18.8. The summed E-state index contributed by atoms with van der Waals surface area (Å²) in [6.45, 7) is 3.79. The van der Waals surface area contributed by atoms with Gasteiger partial charge in [0.15, 0.2) is 0 Å². The highest BCUT2D eigenvalue weighted by molar-refractivity contribution is 6.05. The third-order valence-corrected chi connectivity index (χ3v) is 4.70. The van der Waals surface area contributed by atoms with Gasteiger partial charge in [0, 0.05) is 18.0 Å². The van der Waals surface area contributed by atoms with Gasteiger partial charge in [0.1, 0.15) is 11.3 Å². The summed E-state index contributed by atoms with van der Waals surface area (Å²) in [5.41, 5.74) is 1.43. The van der Waals surface area contributed by atoms with Crippen molar-refractivity contribution in [3.05, 3.63) is 35.6 Å². The molecule has 0 unspecified atom stereocenters. The van der Waals surface area contributed by atoms with Gasteiger partial charge in [0.25, 0.3) is 5.91 Å². The molecule has 0 spiro atoms. The Labute approximate surface area is 138 Å². The molecule has 124 valence electrons. The largest absolute Gasteiger partial charge is 0.461 e. The molecule has 0 saturated carbocycles. The topological polar surface area (TPSA) is 36.7 Å². The quantitative estimate of drug-likeness (QED) is 0.863. The minimum atomic E-state index is 0.119. The van der Waals surface area contributed by atoms with Gasteiger partial charge < -0.3 is 14.2 Å². The molecule has 2 aromatic rings. The zero-order valence-corrected chi connectivity index (χ0v) is 14.3. The van der Waals surface area contributed by atoms with E-state index in [9.17, 15) is 4.79 Å². The highest BCUT2D eigenvalue weighted by Gasteiger charge is 2.28. The van der Waals surface area contributed by atoms with Crippen molar-refractivity contribution in [3.63, 3.8) is 0 Å². The fraction of sp³-hybridized carbons (Fsp3) is 0.526. The number of amides is 1. The Morgan fingerprint density at radius 1 is 1.35 bits per heavy atom. The lowest BCUT2D eigenvalue weighted by atomic mass is 9.97. The summed E-state index contributed by atoms with van der Waals surface area (Å²) in [4.78, 5) is 17.4. The number of para-hydroxylation sites is 1. The third-order valence-electron chi connectivity index (χ3n) is 4.70. The molecule has 1 atom stereocenters. The van der Waals surface area contributed by atoms with Crippen LogP contribution in [0.4, 0.5) is 0 Å². The van der Waals surface area contributed by atoms with E-state index < -0.39 is 0 Å². The first-order chi connectivity index (χ1) is 11.1. The first-order valence-corrected chi connectivity index (χ1v) is 8.51. The van der Waals surface area contributed by atoms with Crippen molar-refractivity contribution in [1.82, 2.24) is 9.80 Å². The average molecular weight is 314 g/mol. The van der Waals surface area contributed by atoms with Crippen LogP contribution in [0.3, 0.4) is 0 Å². The molecule has 3 rings (SSSR count). The zero-order chi connectivity index (χ0) is 16.4. The molecule has 23 heavy (non-hydrogen) atoms. The third kappa shape index (κ3) is 3.42. The van der Waals surface area contributed by atoms with Crippen LogP contribution in [0.1, 0.15) is 41.8 Å². The molecule has 2 heterocycles. The van der Waals surface area contributed by atoms with Crippen LogP contribution in [0.15, 0.2) is 28.7 Å². The summed E-state index contributed by atoms with van der Waals surface area (Å²) in [6, 6.07) is 8.17. The van der Waals surface area contributed by atoms with Crippen LogP contribution in [0.2, 0.25) is 0 Å². The van der Waals surface area contributed by atoms with Crippen molar-refractivity contribution in [3.8, 4) is 0 Å². The Hall–Kier alpha value is -1.81. The molecule has 1 aliphatic heterocycles. The highest BCUT2D eigenvalue weighted by Crippen LogP contribution is 2.27. The molecule has 4 nitrogen and oxygen atoms in total. The number of benzene rings is 1. The van der Waals surface area contributed by atoms with E-state index in [2.05, 4.69) is 23.9 Å². The molecule has 1 saturated heterocycles. The van der Waals surface area contributed by atoms with Gasteiger partial charge in [-0.25, -0.2) is 0 Å². The van der Waals surface area contributed by atoms with Gasteiger partial charge >= 0.3 is 0 Å². The van der Waals surface area contributed by atoms with Crippen LogP contribution in [-0.4, -0.2) is 48.9 Å². The summed E-state index contributed by atoms with van der Waals surface area (Å²) in [5, 5.41) is 1.01. The van der Waals surface area contributed by atoms with E-state index in [1.165, 1.54) is 6.42 Å². The maximum absolute atomic E-state index is 13.1. The van der Waals surface area contributed by atoms with Crippen LogP contribution in [0.5, 0.6) is 0 Å². The van der Waals surface area contributed by atoms with E-state index in [1.54, 1.807) is 0 Å². The van der Waals surface area contributed by atoms with Crippen molar-refractivity contribution < 1.29 is 9.21 Å². The number of nitrogens with zero attached hydrogens (tertiary/aromatic N) is 2. The lowest BCUT2D eigenvalue weighted by Crippen LogP contribution is -2.44. The molecule has 0 aliphatic carbocycles. The van der Waals surface area contributed by atoms with Crippen molar-refractivity contribution in [2.75, 3.05) is 27.2 Å². The van der Waals surface area contributed by atoms with Crippen molar-refractivity contribution in [2.24, 2.45) is 0 Å². The number of furan rings is 1. The van der Waals surface area contributed by atoms with Crippen LogP contribution >= 0.6 is 0 Å². The Kier molecular flexibility index (Phi) is 4.71. The minimum absolute atomic E-state index is 0.119. The monoisotopic (exact) mass is 314 g/mol. The van der Waals surface area contributed by atoms with Gasteiger partial charge in [0.05, 0.1) is 5.56 Å². The van der Waals surface area contributed by atoms with Crippen molar-refractivity contribution in [2.45, 2.75) is 38.6 Å². The second-order valence-corrected chi connectivity index (χ2v) is 6.82. The van der Waals surface area contributed by atoms with Crippen molar-refractivity contribution >= 4 is 16.9 Å². The smallest absolute Gasteiger partial charge is 0.257 e. The molecule has 0 N–H and O–H groups in total. The Morgan fingerprint density at radius 2 is 2.17 bits per heavy atom. The molecule has 1 aromatic heterocycles. The van der Waals surface area contributed by atoms with Gasteiger partial charge in [-0.2, -0.15) is 0 Å². The lowest BCUT2D eigenvalue weighted by molar-refractivity contribution is 0.0592. The van der Waals surface area contributed by atoms with Gasteiger partial charge in [0.2, 0.25) is 0 Å². The van der Waals surface area contributed by atoms with E-state index in [0.717, 1.165) is 49.1 Å². The first kappa shape index (κ1) is 16.1. The second kappa shape index (κ2) is 6.75. The number of piperidine rings is 1. The van der Waals surface area contributed by atoms with E-state index in [4.69, 9.17) is 4.42 Å². The number of carbonyl (C=O) groups excluding carboxylic acids is 1. The molecule has 1 aromatic carbocycles. The maximum atomic E-state index is 13.1. The molecule has 0 bridgehead atoms. The molecular formula is C19H26N2O2. The predicted molar refractivity (Wildman–Crippen MR) is 92.8 cm³/mol. The van der Waals surface area contributed by atoms with Gasteiger partial charge in [-0.05, 0) is 65.4 Å². The summed E-state index contributed by atoms with van der Waals surface area (Å²) in [6.07, 6.45) is 4.45. The SMILES string of the molecule is Cc1cc2cccc(C(=O)N3CCCC[C@@H]3CCN(C)C)c2o1. The van der Waals surface area contributed by atoms with Crippen LogP contribution < -0.4 is 0 Å². The van der Waals surface area contributed by atoms with E-state index in [0.29, 0.717) is 11.6 Å². The Bertz CT molecular complexity index is 690. The predicted octanol–water partition coefficient (Wildman–Crippen LogP) is 3.69. The first-order valence-electron chi connectivity index (χ1n) is 8.51. The Balaban J connectivity index is 1.86. The number of hydrogen-bond acceptors (Lipinski definition) is 3. The molecule has 0 radical (unpaired) electrons. The van der Waals surface area contributed by atoms with E-state index in [1.807, 2.05) is 31.2 Å². The summed E-state index contributed by atoms with van der Waals surface area (Å²) in [5.74, 6) is 0.969. The van der Waals surface area contributed by atoms with Crippen LogP contribution in [0.25, 0.3) is 11.0 Å². The number of carbonyl (C=O) groups is 1. The average Bonchev–Trinajstić information content (AvgIpc) is 2.92. The fourth-order valence-corrected chi connectivity index (χ4v) is 3.49. The molecule has 1 amide bonds. The second-order valence-electron chi connectivity index (χ2n) is 6.82. The van der Waals surface area contributed by atoms with Gasteiger partial charge in [-0.3, -0.25) is 4.79 Å². The maximum Gasteiger partial charge on any atom is 0.257 e. The number of rotatable bonds is 4. The summed E-state index contributed by atoms with van der Waals surface area (Å²) >= 11 is 0. The molecule has 4 heteroatoms. The molecule has 1 fully saturated rings. The summed E-state index contributed by atoms with van der Waals surface area (Å²) < 4.78 is 5.79. The van der Waals surface area contributed by atoms with Crippen LogP contribution in [-0.2, 0) is 0 Å². The van der Waals surface area contributed by atoms with Gasteiger partial charge in [-0.15, -0.1) is 0 Å². The highest BCUT2D eigenvalue weighted by atomic mass is 16.3. The standard InChI is InChI=1S/C19H26N2O2/c1-14-13-15-7-6-9-17(18(15)23-14)19(22)21-11-5-4-8-16(21)10-12-20(2)3/h6-7,9,13,16H,4-5,8,10-12H2,1-3H3/t16-/m1/s1. The number of fused-ring (bicyclic) bond motifs is 1. The lowest BCUT2D eigenvalue weighted by Gasteiger charge is -2.36. The van der Waals surface area contributed by atoms with Crippen molar-refractivity contribution in [1.29, 1.82) is 0 Å². The number of hydrogen-bond donors (Lipinski definition) is 0. The Morgan fingerprint density at radius 3 is 2.96 bits per heavy atom. The van der Waals surface area contributed by atoms with E-state index >= 15 is 0 Å². The molecular weight excluding hydrogens is 288 g/mol. The minimum Gasteiger partial charge on any atom is -0.461 e. The number of aryl methyl sites for hydroxylation is 1. The summed E-state index contributed by atoms with van der Waals surface area (Å²) in [7, 11) is 4.17.